The zero-order chi connectivity index (χ0) is 11.5. The second kappa shape index (κ2) is 4.94. The fourth-order valence-corrected chi connectivity index (χ4v) is 2.02. The van der Waals surface area contributed by atoms with Crippen LogP contribution in [-0.2, 0) is 9.53 Å². The van der Waals surface area contributed by atoms with E-state index in [1.807, 2.05) is 6.92 Å². The van der Waals surface area contributed by atoms with Crippen molar-refractivity contribution < 1.29 is 9.53 Å². The van der Waals surface area contributed by atoms with E-state index >= 15 is 0 Å². The van der Waals surface area contributed by atoms with Crippen molar-refractivity contribution in [3.63, 3.8) is 0 Å². The molecule has 1 aliphatic rings. The van der Waals surface area contributed by atoms with Crippen molar-refractivity contribution in [3.05, 3.63) is 0 Å². The lowest BCUT2D eigenvalue weighted by atomic mass is 9.64. The fraction of sp³-hybridized carbons (Fsp3) is 0.909. The first-order valence-electron chi connectivity index (χ1n) is 5.58. The summed E-state index contributed by atoms with van der Waals surface area (Å²) in [5, 5.41) is 5.86. The summed E-state index contributed by atoms with van der Waals surface area (Å²) in [6.07, 6.45) is 1.32. The van der Waals surface area contributed by atoms with E-state index in [0.29, 0.717) is 18.7 Å². The van der Waals surface area contributed by atoms with E-state index in [9.17, 15) is 4.79 Å². The van der Waals surface area contributed by atoms with Crippen molar-refractivity contribution in [1.29, 1.82) is 0 Å². The molecule has 15 heavy (non-hydrogen) atoms. The SMILES string of the molecule is CCOC1CC(NCC(=O)NC)C1(C)C. The molecule has 1 fully saturated rings. The number of amides is 1. The molecule has 0 saturated heterocycles. The lowest BCUT2D eigenvalue weighted by molar-refractivity contribution is -0.125. The van der Waals surface area contributed by atoms with Crippen molar-refractivity contribution >= 4 is 5.91 Å². The molecule has 0 spiro atoms. The van der Waals surface area contributed by atoms with Gasteiger partial charge in [-0.05, 0) is 13.3 Å². The lowest BCUT2D eigenvalue weighted by Crippen LogP contribution is -2.61. The summed E-state index contributed by atoms with van der Waals surface area (Å²) in [7, 11) is 1.65. The normalized spacial score (nSPS) is 28.3. The summed E-state index contributed by atoms with van der Waals surface area (Å²) in [6, 6.07) is 0.381. The van der Waals surface area contributed by atoms with Crippen molar-refractivity contribution in [2.75, 3.05) is 20.2 Å². The molecule has 1 rings (SSSR count). The van der Waals surface area contributed by atoms with E-state index < -0.39 is 0 Å². The highest BCUT2D eigenvalue weighted by molar-refractivity contribution is 5.77. The van der Waals surface area contributed by atoms with Crippen LogP contribution in [0.3, 0.4) is 0 Å². The quantitative estimate of drug-likeness (QED) is 0.701. The van der Waals surface area contributed by atoms with Crippen molar-refractivity contribution in [3.8, 4) is 0 Å². The highest BCUT2D eigenvalue weighted by Gasteiger charge is 2.48. The smallest absolute Gasteiger partial charge is 0.233 e. The Morgan fingerprint density at radius 3 is 2.67 bits per heavy atom. The van der Waals surface area contributed by atoms with Gasteiger partial charge in [0.15, 0.2) is 0 Å². The van der Waals surface area contributed by atoms with Gasteiger partial charge in [-0.3, -0.25) is 4.79 Å². The summed E-state index contributed by atoms with van der Waals surface area (Å²) < 4.78 is 5.62. The maximum absolute atomic E-state index is 11.1. The van der Waals surface area contributed by atoms with Gasteiger partial charge in [0.25, 0.3) is 0 Å². The molecule has 4 heteroatoms. The molecule has 2 atom stereocenters. The maximum atomic E-state index is 11.1. The molecular weight excluding hydrogens is 192 g/mol. The Hall–Kier alpha value is -0.610. The molecule has 1 aliphatic carbocycles. The van der Waals surface area contributed by atoms with Gasteiger partial charge in [0.1, 0.15) is 0 Å². The standard InChI is InChI=1S/C11H22N2O2/c1-5-15-9-6-8(11(9,2)3)13-7-10(14)12-4/h8-9,13H,5-7H2,1-4H3,(H,12,14). The molecule has 1 saturated carbocycles. The van der Waals surface area contributed by atoms with E-state index in [1.165, 1.54) is 0 Å². The minimum atomic E-state index is 0.0330. The van der Waals surface area contributed by atoms with E-state index in [-0.39, 0.29) is 11.3 Å². The molecule has 0 aromatic carbocycles. The van der Waals surface area contributed by atoms with E-state index in [2.05, 4.69) is 24.5 Å². The first kappa shape index (κ1) is 12.5. The van der Waals surface area contributed by atoms with Crippen LogP contribution in [0.1, 0.15) is 27.2 Å². The highest BCUT2D eigenvalue weighted by Crippen LogP contribution is 2.42. The number of ether oxygens (including phenoxy) is 1. The van der Waals surface area contributed by atoms with Gasteiger partial charge in [0.05, 0.1) is 12.6 Å². The summed E-state index contributed by atoms with van der Waals surface area (Å²) in [5.41, 5.74) is 0.129. The Balaban J connectivity index is 2.32. The Bertz CT molecular complexity index is 229. The van der Waals surface area contributed by atoms with Crippen LogP contribution in [0.15, 0.2) is 0 Å². The van der Waals surface area contributed by atoms with Crippen LogP contribution in [0, 0.1) is 5.41 Å². The number of likely N-dealkylation sites (N-methyl/N-ethyl adjacent to an activating group) is 1. The van der Waals surface area contributed by atoms with Crippen LogP contribution in [-0.4, -0.2) is 38.3 Å². The Kier molecular flexibility index (Phi) is 4.11. The summed E-state index contributed by atoms with van der Waals surface area (Å²) >= 11 is 0. The molecule has 2 N–H and O–H groups in total. The first-order valence-corrected chi connectivity index (χ1v) is 5.58. The van der Waals surface area contributed by atoms with E-state index in [4.69, 9.17) is 4.74 Å². The number of hydrogen-bond donors (Lipinski definition) is 2. The minimum absolute atomic E-state index is 0.0330. The summed E-state index contributed by atoms with van der Waals surface area (Å²) in [4.78, 5) is 11.1. The number of hydrogen-bond acceptors (Lipinski definition) is 3. The van der Waals surface area contributed by atoms with Crippen molar-refractivity contribution in [2.24, 2.45) is 5.41 Å². The molecule has 1 amide bonds. The Morgan fingerprint density at radius 2 is 2.20 bits per heavy atom. The number of carbonyl (C=O) groups is 1. The number of carbonyl (C=O) groups excluding carboxylic acids is 1. The molecule has 0 radical (unpaired) electrons. The van der Waals surface area contributed by atoms with Gasteiger partial charge in [0, 0.05) is 25.1 Å². The van der Waals surface area contributed by atoms with Gasteiger partial charge in [-0.25, -0.2) is 0 Å². The lowest BCUT2D eigenvalue weighted by Gasteiger charge is -2.51. The third-order valence-electron chi connectivity index (χ3n) is 3.33. The second-order valence-corrected chi connectivity index (χ2v) is 4.61. The van der Waals surface area contributed by atoms with Crippen LogP contribution in [0.4, 0.5) is 0 Å². The average molecular weight is 214 g/mol. The predicted molar refractivity (Wildman–Crippen MR) is 59.7 cm³/mol. The van der Waals surface area contributed by atoms with Gasteiger partial charge >= 0.3 is 0 Å². The van der Waals surface area contributed by atoms with Crippen LogP contribution < -0.4 is 10.6 Å². The average Bonchev–Trinajstić information content (AvgIpc) is 2.21. The van der Waals surface area contributed by atoms with Gasteiger partial charge in [-0.1, -0.05) is 13.8 Å². The van der Waals surface area contributed by atoms with Gasteiger partial charge in [-0.15, -0.1) is 0 Å². The molecule has 0 aromatic rings. The fourth-order valence-electron chi connectivity index (χ4n) is 2.02. The maximum Gasteiger partial charge on any atom is 0.233 e. The zero-order valence-corrected chi connectivity index (χ0v) is 10.1. The van der Waals surface area contributed by atoms with Crippen LogP contribution in [0.2, 0.25) is 0 Å². The van der Waals surface area contributed by atoms with Crippen LogP contribution in [0.5, 0.6) is 0 Å². The molecular formula is C11H22N2O2. The van der Waals surface area contributed by atoms with Crippen LogP contribution in [0.25, 0.3) is 0 Å². The van der Waals surface area contributed by atoms with Gasteiger partial charge < -0.3 is 15.4 Å². The van der Waals surface area contributed by atoms with Crippen LogP contribution >= 0.6 is 0 Å². The summed E-state index contributed by atoms with van der Waals surface area (Å²) in [5.74, 6) is 0.0330. The first-order chi connectivity index (χ1) is 7.02. The van der Waals surface area contributed by atoms with E-state index in [1.54, 1.807) is 7.05 Å². The third kappa shape index (κ3) is 2.69. The van der Waals surface area contributed by atoms with Crippen molar-refractivity contribution in [1.82, 2.24) is 10.6 Å². The van der Waals surface area contributed by atoms with Crippen molar-refractivity contribution in [2.45, 2.75) is 39.3 Å². The largest absolute Gasteiger partial charge is 0.378 e. The molecule has 0 bridgehead atoms. The molecule has 0 heterocycles. The van der Waals surface area contributed by atoms with Gasteiger partial charge in [0.2, 0.25) is 5.91 Å². The minimum Gasteiger partial charge on any atom is -0.378 e. The third-order valence-corrected chi connectivity index (χ3v) is 3.33. The number of rotatable bonds is 5. The van der Waals surface area contributed by atoms with Gasteiger partial charge in [-0.2, -0.15) is 0 Å². The predicted octanol–water partition coefficient (Wildman–Crippen LogP) is 0.526. The Labute approximate surface area is 91.8 Å². The number of nitrogens with one attached hydrogen (secondary N) is 2. The summed E-state index contributed by atoms with van der Waals surface area (Å²) in [6.45, 7) is 7.53. The molecule has 88 valence electrons. The topological polar surface area (TPSA) is 50.4 Å². The molecule has 2 unspecified atom stereocenters. The highest BCUT2D eigenvalue weighted by atomic mass is 16.5. The molecule has 0 aromatic heterocycles. The molecule has 0 aliphatic heterocycles. The molecule has 4 nitrogen and oxygen atoms in total. The zero-order valence-electron chi connectivity index (χ0n) is 10.1. The Morgan fingerprint density at radius 1 is 1.53 bits per heavy atom. The monoisotopic (exact) mass is 214 g/mol. The van der Waals surface area contributed by atoms with E-state index in [0.717, 1.165) is 13.0 Å². The second-order valence-electron chi connectivity index (χ2n) is 4.61.